The van der Waals surface area contributed by atoms with E-state index in [4.69, 9.17) is 10.5 Å². The summed E-state index contributed by atoms with van der Waals surface area (Å²) in [7, 11) is 0. The van der Waals surface area contributed by atoms with Crippen LogP contribution in [0.5, 0.6) is 0 Å². The summed E-state index contributed by atoms with van der Waals surface area (Å²) in [5.41, 5.74) is 9.55. The first kappa shape index (κ1) is 19.2. The molecule has 29 heavy (non-hydrogen) atoms. The molecule has 4 rings (SSSR count). The van der Waals surface area contributed by atoms with E-state index in [1.165, 1.54) is 11.1 Å². The van der Waals surface area contributed by atoms with Gasteiger partial charge >= 0.3 is 0 Å². The number of benzene rings is 2. The number of aromatic nitrogens is 2. The van der Waals surface area contributed by atoms with Crippen molar-refractivity contribution in [3.63, 3.8) is 0 Å². The SMILES string of the molecule is Nc1c(NC2CCOCC2)ncnc1N(Cc1ccccc1)Cc1ccccc1. The second-order valence-electron chi connectivity index (χ2n) is 7.32. The summed E-state index contributed by atoms with van der Waals surface area (Å²) in [4.78, 5) is 11.2. The number of nitrogens with one attached hydrogen (secondary N) is 1. The zero-order valence-corrected chi connectivity index (χ0v) is 16.5. The van der Waals surface area contributed by atoms with Crippen LogP contribution in [0.1, 0.15) is 24.0 Å². The van der Waals surface area contributed by atoms with Crippen molar-refractivity contribution in [2.45, 2.75) is 32.0 Å². The van der Waals surface area contributed by atoms with Crippen LogP contribution in [0.4, 0.5) is 17.3 Å². The molecule has 6 heteroatoms. The maximum Gasteiger partial charge on any atom is 0.158 e. The fourth-order valence-corrected chi connectivity index (χ4v) is 3.60. The van der Waals surface area contributed by atoms with E-state index >= 15 is 0 Å². The summed E-state index contributed by atoms with van der Waals surface area (Å²) in [5, 5.41) is 3.49. The van der Waals surface area contributed by atoms with Crippen LogP contribution in [0.25, 0.3) is 0 Å². The second-order valence-corrected chi connectivity index (χ2v) is 7.32. The molecule has 0 spiro atoms. The minimum atomic E-state index is 0.325. The Balaban J connectivity index is 1.61. The largest absolute Gasteiger partial charge is 0.393 e. The molecule has 3 aromatic rings. The molecule has 1 aromatic heterocycles. The normalized spacial score (nSPS) is 14.5. The van der Waals surface area contributed by atoms with E-state index < -0.39 is 0 Å². The predicted molar refractivity (Wildman–Crippen MR) is 117 cm³/mol. The Morgan fingerprint density at radius 1 is 0.897 bits per heavy atom. The van der Waals surface area contributed by atoms with Crippen LogP contribution in [0.3, 0.4) is 0 Å². The molecule has 0 atom stereocenters. The van der Waals surface area contributed by atoms with E-state index in [0.29, 0.717) is 30.6 Å². The van der Waals surface area contributed by atoms with Gasteiger partial charge in [0, 0.05) is 32.3 Å². The summed E-state index contributed by atoms with van der Waals surface area (Å²) in [6.45, 7) is 2.97. The van der Waals surface area contributed by atoms with Gasteiger partial charge in [-0.05, 0) is 24.0 Å². The van der Waals surface area contributed by atoms with Gasteiger partial charge in [0.2, 0.25) is 0 Å². The Morgan fingerprint density at radius 3 is 2.07 bits per heavy atom. The van der Waals surface area contributed by atoms with Gasteiger partial charge in [-0.15, -0.1) is 0 Å². The number of hydrogen-bond donors (Lipinski definition) is 2. The van der Waals surface area contributed by atoms with Crippen molar-refractivity contribution in [3.05, 3.63) is 78.1 Å². The fraction of sp³-hybridized carbons (Fsp3) is 0.304. The van der Waals surface area contributed by atoms with Crippen molar-refractivity contribution >= 4 is 17.3 Å². The molecule has 0 aliphatic carbocycles. The van der Waals surface area contributed by atoms with Gasteiger partial charge in [-0.25, -0.2) is 9.97 Å². The molecule has 3 N–H and O–H groups in total. The maximum absolute atomic E-state index is 6.55. The number of rotatable bonds is 7. The van der Waals surface area contributed by atoms with Gasteiger partial charge in [-0.1, -0.05) is 60.7 Å². The molecular weight excluding hydrogens is 362 g/mol. The molecule has 2 aromatic carbocycles. The fourth-order valence-electron chi connectivity index (χ4n) is 3.60. The van der Waals surface area contributed by atoms with Crippen LogP contribution in [-0.4, -0.2) is 29.2 Å². The van der Waals surface area contributed by atoms with Crippen LogP contribution >= 0.6 is 0 Å². The monoisotopic (exact) mass is 389 g/mol. The van der Waals surface area contributed by atoms with Gasteiger partial charge in [0.25, 0.3) is 0 Å². The quantitative estimate of drug-likeness (QED) is 0.639. The average molecular weight is 390 g/mol. The van der Waals surface area contributed by atoms with Crippen LogP contribution in [0.2, 0.25) is 0 Å². The Morgan fingerprint density at radius 2 is 1.48 bits per heavy atom. The van der Waals surface area contributed by atoms with Gasteiger partial charge in [-0.2, -0.15) is 0 Å². The third-order valence-corrected chi connectivity index (χ3v) is 5.16. The summed E-state index contributed by atoms with van der Waals surface area (Å²) in [6, 6.07) is 21.1. The van der Waals surface area contributed by atoms with Gasteiger partial charge < -0.3 is 20.7 Å². The molecule has 150 valence electrons. The topological polar surface area (TPSA) is 76.3 Å². The second kappa shape index (κ2) is 9.39. The lowest BCUT2D eigenvalue weighted by Crippen LogP contribution is -2.29. The number of nitrogens with two attached hydrogens (primary N) is 1. The average Bonchev–Trinajstić information content (AvgIpc) is 2.77. The van der Waals surface area contributed by atoms with E-state index in [-0.39, 0.29) is 0 Å². The van der Waals surface area contributed by atoms with Crippen LogP contribution in [-0.2, 0) is 17.8 Å². The Kier molecular flexibility index (Phi) is 6.22. The minimum absolute atomic E-state index is 0.325. The lowest BCUT2D eigenvalue weighted by Gasteiger charge is -2.28. The number of anilines is 3. The highest BCUT2D eigenvalue weighted by atomic mass is 16.5. The van der Waals surface area contributed by atoms with E-state index in [2.05, 4.69) is 68.7 Å². The van der Waals surface area contributed by atoms with Gasteiger partial charge in [0.05, 0.1) is 0 Å². The molecule has 0 radical (unpaired) electrons. The smallest absolute Gasteiger partial charge is 0.158 e. The zero-order chi connectivity index (χ0) is 19.9. The van der Waals surface area contributed by atoms with Crippen molar-refractivity contribution in [1.82, 2.24) is 9.97 Å². The van der Waals surface area contributed by atoms with E-state index in [0.717, 1.165) is 31.9 Å². The maximum atomic E-state index is 6.55. The Bertz CT molecular complexity index is 856. The van der Waals surface area contributed by atoms with Crippen molar-refractivity contribution in [1.29, 1.82) is 0 Å². The molecule has 1 saturated heterocycles. The molecule has 1 fully saturated rings. The molecule has 0 amide bonds. The highest BCUT2D eigenvalue weighted by Gasteiger charge is 2.19. The van der Waals surface area contributed by atoms with Crippen molar-refractivity contribution < 1.29 is 4.74 Å². The van der Waals surface area contributed by atoms with Gasteiger partial charge in [0.1, 0.15) is 12.0 Å². The molecule has 1 aliphatic rings. The number of hydrogen-bond acceptors (Lipinski definition) is 6. The Labute approximate surface area is 171 Å². The van der Waals surface area contributed by atoms with Crippen LogP contribution in [0.15, 0.2) is 67.0 Å². The van der Waals surface area contributed by atoms with Gasteiger partial charge in [-0.3, -0.25) is 0 Å². The third kappa shape index (κ3) is 5.03. The summed E-state index contributed by atoms with van der Waals surface area (Å²) in [6.07, 6.45) is 3.50. The number of ether oxygens (including phenoxy) is 1. The molecule has 6 nitrogen and oxygen atoms in total. The first-order chi connectivity index (χ1) is 14.3. The minimum Gasteiger partial charge on any atom is -0.393 e. The van der Waals surface area contributed by atoms with Crippen molar-refractivity contribution in [2.75, 3.05) is 29.2 Å². The highest BCUT2D eigenvalue weighted by Crippen LogP contribution is 2.30. The first-order valence-electron chi connectivity index (χ1n) is 10.1. The van der Waals surface area contributed by atoms with E-state index in [1.807, 2.05) is 12.1 Å². The lowest BCUT2D eigenvalue weighted by molar-refractivity contribution is 0.0904. The molecule has 0 unspecified atom stereocenters. The molecular formula is C23H27N5O. The standard InChI is InChI=1S/C23H27N5O/c24-21-22(27-20-11-13-29-14-12-20)25-17-26-23(21)28(15-18-7-3-1-4-8-18)16-19-9-5-2-6-10-19/h1-10,17,20H,11-16,24H2,(H,25,26,27). The summed E-state index contributed by atoms with van der Waals surface area (Å²) >= 11 is 0. The number of nitrogens with zero attached hydrogens (tertiary/aromatic N) is 3. The molecule has 0 bridgehead atoms. The van der Waals surface area contributed by atoms with Crippen LogP contribution < -0.4 is 16.0 Å². The molecule has 0 saturated carbocycles. The third-order valence-electron chi connectivity index (χ3n) is 5.16. The van der Waals surface area contributed by atoms with Crippen LogP contribution in [0, 0.1) is 0 Å². The predicted octanol–water partition coefficient (Wildman–Crippen LogP) is 3.86. The summed E-state index contributed by atoms with van der Waals surface area (Å²) in [5.74, 6) is 1.45. The van der Waals surface area contributed by atoms with Crippen molar-refractivity contribution in [2.24, 2.45) is 0 Å². The van der Waals surface area contributed by atoms with E-state index in [1.54, 1.807) is 6.33 Å². The first-order valence-corrected chi connectivity index (χ1v) is 10.1. The molecule has 2 heterocycles. The number of nitrogen functional groups attached to an aromatic ring is 1. The lowest BCUT2D eigenvalue weighted by atomic mass is 10.1. The Hall–Kier alpha value is -3.12. The van der Waals surface area contributed by atoms with Crippen molar-refractivity contribution in [3.8, 4) is 0 Å². The summed E-state index contributed by atoms with van der Waals surface area (Å²) < 4.78 is 5.45. The molecule has 1 aliphatic heterocycles. The van der Waals surface area contributed by atoms with E-state index in [9.17, 15) is 0 Å². The highest BCUT2D eigenvalue weighted by molar-refractivity contribution is 5.75. The zero-order valence-electron chi connectivity index (χ0n) is 16.5. The van der Waals surface area contributed by atoms with Gasteiger partial charge in [0.15, 0.2) is 11.6 Å².